The van der Waals surface area contributed by atoms with Gasteiger partial charge in [0.1, 0.15) is 0 Å². The Hall–Kier alpha value is -0.780. The third kappa shape index (κ3) is 2.87. The van der Waals surface area contributed by atoms with Gasteiger partial charge in [0.05, 0.1) is 11.7 Å². The number of rotatable bonds is 4. The van der Waals surface area contributed by atoms with E-state index in [-0.39, 0.29) is 6.04 Å². The summed E-state index contributed by atoms with van der Waals surface area (Å²) in [5.74, 6) is 0. The molecule has 0 saturated heterocycles. The lowest BCUT2D eigenvalue weighted by Gasteiger charge is -2.13. The topological polar surface area (TPSA) is 37.8 Å². The van der Waals surface area contributed by atoms with E-state index in [2.05, 4.69) is 43.0 Å². The molecule has 1 aromatic carbocycles. The molecule has 1 heterocycles. The number of halogens is 1. The van der Waals surface area contributed by atoms with Gasteiger partial charge >= 0.3 is 0 Å². The molecule has 2 aromatic rings. The van der Waals surface area contributed by atoms with Crippen LogP contribution in [-0.4, -0.2) is 16.6 Å². The number of hydrogen-bond acceptors (Lipinski definition) is 4. The molecule has 1 atom stereocenters. The van der Waals surface area contributed by atoms with Gasteiger partial charge < -0.3 is 5.32 Å². The third-order valence-corrected chi connectivity index (χ3v) is 3.43. The number of aromatic nitrogens is 2. The van der Waals surface area contributed by atoms with Crippen LogP contribution in [0.25, 0.3) is 0 Å². The van der Waals surface area contributed by atoms with Gasteiger partial charge in [-0.15, -0.1) is 5.10 Å². The first-order valence-electron chi connectivity index (χ1n) is 4.98. The fraction of sp³-hybridized carbons (Fsp3) is 0.273. The second-order valence-electron chi connectivity index (χ2n) is 3.51. The van der Waals surface area contributed by atoms with E-state index in [1.54, 1.807) is 0 Å². The number of benzene rings is 1. The van der Waals surface area contributed by atoms with E-state index in [1.807, 2.05) is 24.6 Å². The molecule has 0 aliphatic carbocycles. The first kappa shape index (κ1) is 11.7. The molecule has 1 unspecified atom stereocenters. The van der Waals surface area contributed by atoms with Gasteiger partial charge in [-0.3, -0.25) is 0 Å². The Morgan fingerprint density at radius 2 is 2.38 bits per heavy atom. The minimum absolute atomic E-state index is 0.230. The van der Waals surface area contributed by atoms with Gasteiger partial charge in [-0.1, -0.05) is 32.6 Å². The monoisotopic (exact) mass is 297 g/mol. The van der Waals surface area contributed by atoms with Crippen molar-refractivity contribution in [3.05, 3.63) is 45.4 Å². The van der Waals surface area contributed by atoms with E-state index in [0.29, 0.717) is 0 Å². The van der Waals surface area contributed by atoms with Gasteiger partial charge in [-0.25, -0.2) is 0 Å². The van der Waals surface area contributed by atoms with Crippen molar-refractivity contribution in [1.29, 1.82) is 0 Å². The first-order valence-corrected chi connectivity index (χ1v) is 6.61. The molecule has 1 N–H and O–H groups in total. The molecule has 0 saturated carbocycles. The molecule has 3 nitrogen and oxygen atoms in total. The number of nitrogens with zero attached hydrogens (tertiary/aromatic N) is 2. The van der Waals surface area contributed by atoms with Crippen LogP contribution >= 0.6 is 27.5 Å². The summed E-state index contributed by atoms with van der Waals surface area (Å²) in [4.78, 5) is 0. The van der Waals surface area contributed by atoms with Crippen molar-refractivity contribution >= 4 is 27.5 Å². The maximum Gasteiger partial charge on any atom is 0.0928 e. The van der Waals surface area contributed by atoms with E-state index in [0.717, 1.165) is 16.6 Å². The summed E-state index contributed by atoms with van der Waals surface area (Å²) in [6.45, 7) is 0. The molecule has 5 heteroatoms. The third-order valence-electron chi connectivity index (χ3n) is 2.41. The molecular weight excluding hydrogens is 286 g/mol. The maximum atomic E-state index is 4.10. The van der Waals surface area contributed by atoms with Crippen LogP contribution in [0.2, 0.25) is 0 Å². The minimum Gasteiger partial charge on any atom is -0.311 e. The largest absolute Gasteiger partial charge is 0.311 e. The summed E-state index contributed by atoms with van der Waals surface area (Å²) < 4.78 is 5.00. The van der Waals surface area contributed by atoms with Crippen molar-refractivity contribution in [2.24, 2.45) is 0 Å². The normalized spacial score (nSPS) is 12.6. The first-order chi connectivity index (χ1) is 7.79. The average Bonchev–Trinajstić information content (AvgIpc) is 2.79. The van der Waals surface area contributed by atoms with E-state index in [1.165, 1.54) is 17.1 Å². The van der Waals surface area contributed by atoms with Gasteiger partial charge in [0.2, 0.25) is 0 Å². The highest BCUT2D eigenvalue weighted by Crippen LogP contribution is 2.19. The van der Waals surface area contributed by atoms with Gasteiger partial charge in [-0.05, 0) is 42.7 Å². The quantitative estimate of drug-likeness (QED) is 0.943. The lowest BCUT2D eigenvalue weighted by atomic mass is 10.0. The number of hydrogen-bond donors (Lipinski definition) is 1. The van der Waals surface area contributed by atoms with Crippen molar-refractivity contribution < 1.29 is 0 Å². The zero-order valence-corrected chi connectivity index (χ0v) is 11.3. The smallest absolute Gasteiger partial charge is 0.0928 e. The van der Waals surface area contributed by atoms with Crippen LogP contribution in [0.5, 0.6) is 0 Å². The zero-order valence-electron chi connectivity index (χ0n) is 8.85. The molecule has 0 fully saturated rings. The molecule has 0 amide bonds. The highest BCUT2D eigenvalue weighted by atomic mass is 79.9. The van der Waals surface area contributed by atoms with Crippen molar-refractivity contribution in [1.82, 2.24) is 14.9 Å². The van der Waals surface area contributed by atoms with Crippen LogP contribution in [0.1, 0.15) is 17.3 Å². The van der Waals surface area contributed by atoms with Gasteiger partial charge in [0, 0.05) is 9.85 Å². The molecule has 0 aliphatic heterocycles. The molecule has 0 bridgehead atoms. The Bertz CT molecular complexity index is 444. The summed E-state index contributed by atoms with van der Waals surface area (Å²) in [6, 6.07) is 8.56. The number of likely N-dealkylation sites (N-methyl/N-ethyl adjacent to an activating group) is 1. The average molecular weight is 298 g/mol. The minimum atomic E-state index is 0.230. The fourth-order valence-corrected chi connectivity index (χ4v) is 2.53. The lowest BCUT2D eigenvalue weighted by molar-refractivity contribution is 0.574. The molecule has 0 spiro atoms. The van der Waals surface area contributed by atoms with Gasteiger partial charge in [0.25, 0.3) is 0 Å². The predicted molar refractivity (Wildman–Crippen MR) is 69.6 cm³/mol. The van der Waals surface area contributed by atoms with Gasteiger partial charge in [0.15, 0.2) is 0 Å². The summed E-state index contributed by atoms with van der Waals surface area (Å²) in [5, 5.41) is 9.35. The van der Waals surface area contributed by atoms with Crippen LogP contribution in [-0.2, 0) is 6.42 Å². The summed E-state index contributed by atoms with van der Waals surface area (Å²) in [6.07, 6.45) is 0.918. The summed E-state index contributed by atoms with van der Waals surface area (Å²) >= 11 is 4.86. The lowest BCUT2D eigenvalue weighted by Crippen LogP contribution is -2.19. The molecule has 84 valence electrons. The summed E-state index contributed by atoms with van der Waals surface area (Å²) in [7, 11) is 1.95. The molecule has 2 rings (SSSR count). The summed E-state index contributed by atoms with van der Waals surface area (Å²) in [5.41, 5.74) is 2.29. The Labute approximate surface area is 107 Å². The molecule has 16 heavy (non-hydrogen) atoms. The van der Waals surface area contributed by atoms with Crippen molar-refractivity contribution in [3.63, 3.8) is 0 Å². The van der Waals surface area contributed by atoms with Crippen LogP contribution in [0.15, 0.2) is 34.1 Å². The Kier molecular flexibility index (Phi) is 4.04. The van der Waals surface area contributed by atoms with Gasteiger partial charge in [-0.2, -0.15) is 0 Å². The molecule has 0 aliphatic rings. The van der Waals surface area contributed by atoms with E-state index in [4.69, 9.17) is 0 Å². The molecular formula is C11H12BrN3S. The Morgan fingerprint density at radius 3 is 3.00 bits per heavy atom. The van der Waals surface area contributed by atoms with E-state index >= 15 is 0 Å². The molecule has 0 radical (unpaired) electrons. The van der Waals surface area contributed by atoms with Crippen LogP contribution in [0.4, 0.5) is 0 Å². The predicted octanol–water partition coefficient (Wildman–Crippen LogP) is 2.80. The van der Waals surface area contributed by atoms with Crippen LogP contribution in [0.3, 0.4) is 0 Å². The van der Waals surface area contributed by atoms with Crippen LogP contribution < -0.4 is 5.32 Å². The zero-order chi connectivity index (χ0) is 11.4. The van der Waals surface area contributed by atoms with E-state index in [9.17, 15) is 0 Å². The Balaban J connectivity index is 2.13. The second-order valence-corrected chi connectivity index (χ2v) is 5.03. The standard InChI is InChI=1S/C11H12BrN3S/c1-13-10(11-7-16-15-14-11)6-8-3-2-4-9(12)5-8/h2-5,7,10,13H,6H2,1H3. The Morgan fingerprint density at radius 1 is 1.50 bits per heavy atom. The van der Waals surface area contributed by atoms with Crippen molar-refractivity contribution in [2.75, 3.05) is 7.05 Å². The second kappa shape index (κ2) is 5.52. The van der Waals surface area contributed by atoms with Crippen LogP contribution in [0, 0.1) is 0 Å². The highest BCUT2D eigenvalue weighted by molar-refractivity contribution is 9.10. The maximum absolute atomic E-state index is 4.10. The molecule has 1 aromatic heterocycles. The van der Waals surface area contributed by atoms with Crippen molar-refractivity contribution in [2.45, 2.75) is 12.5 Å². The SMILES string of the molecule is CNC(Cc1cccc(Br)c1)c1csnn1. The van der Waals surface area contributed by atoms with Crippen molar-refractivity contribution in [3.8, 4) is 0 Å². The fourth-order valence-electron chi connectivity index (χ4n) is 1.58. The van der Waals surface area contributed by atoms with E-state index < -0.39 is 0 Å². The number of nitrogens with one attached hydrogen (secondary N) is 1. The highest BCUT2D eigenvalue weighted by Gasteiger charge is 2.12.